The Morgan fingerprint density at radius 3 is 2.74 bits per heavy atom. The molecule has 3 heterocycles. The second-order valence-electron chi connectivity index (χ2n) is 6.76. The average molecular weight is 421 g/mol. The molecule has 4 aromatic rings. The van der Waals surface area contributed by atoms with Crippen LogP contribution in [0.1, 0.15) is 10.5 Å². The molecule has 0 aliphatic heterocycles. The maximum Gasteiger partial charge on any atom is 0.332 e. The van der Waals surface area contributed by atoms with Crippen molar-refractivity contribution in [1.82, 2.24) is 28.9 Å². The maximum atomic E-state index is 12.7. The molecular formula is C20H19N7O4. The summed E-state index contributed by atoms with van der Waals surface area (Å²) in [6.45, 7) is 0.922. The van der Waals surface area contributed by atoms with Crippen molar-refractivity contribution in [3.63, 3.8) is 0 Å². The number of hydrogen-bond acceptors (Lipinski definition) is 7. The van der Waals surface area contributed by atoms with Gasteiger partial charge in [0.15, 0.2) is 0 Å². The second-order valence-corrected chi connectivity index (χ2v) is 6.76. The van der Waals surface area contributed by atoms with Crippen molar-refractivity contribution < 1.29 is 9.53 Å². The lowest BCUT2D eigenvalue weighted by molar-refractivity contribution is 0.102. The number of pyridine rings is 1. The van der Waals surface area contributed by atoms with Crippen LogP contribution in [0.5, 0.6) is 5.75 Å². The molecular weight excluding hydrogens is 402 g/mol. The average Bonchev–Trinajstić information content (AvgIpc) is 3.29. The second kappa shape index (κ2) is 8.22. The number of fused-ring (bicyclic) bond motifs is 1. The van der Waals surface area contributed by atoms with Crippen LogP contribution in [0.3, 0.4) is 0 Å². The minimum Gasteiger partial charge on any atom is -0.492 e. The van der Waals surface area contributed by atoms with Crippen LogP contribution in [0.4, 0.5) is 5.69 Å². The molecule has 0 spiro atoms. The van der Waals surface area contributed by atoms with E-state index in [4.69, 9.17) is 4.74 Å². The Balaban J connectivity index is 1.51. The van der Waals surface area contributed by atoms with Gasteiger partial charge in [0.05, 0.1) is 11.9 Å². The highest BCUT2D eigenvalue weighted by atomic mass is 16.5. The third-order valence-corrected chi connectivity index (χ3v) is 4.68. The molecule has 11 heteroatoms. The van der Waals surface area contributed by atoms with Crippen LogP contribution in [0, 0.1) is 0 Å². The predicted molar refractivity (Wildman–Crippen MR) is 112 cm³/mol. The summed E-state index contributed by atoms with van der Waals surface area (Å²) in [6, 6.07) is 9.86. The first-order valence-electron chi connectivity index (χ1n) is 9.37. The monoisotopic (exact) mass is 421 g/mol. The summed E-state index contributed by atoms with van der Waals surface area (Å²) >= 11 is 0. The minimum absolute atomic E-state index is 0.0771. The Bertz CT molecular complexity index is 1370. The minimum atomic E-state index is -0.515. The van der Waals surface area contributed by atoms with Gasteiger partial charge in [-0.25, -0.2) is 19.4 Å². The number of carbonyl (C=O) groups is 1. The number of aromatic nitrogens is 6. The molecule has 0 radical (unpaired) electrons. The van der Waals surface area contributed by atoms with Crippen molar-refractivity contribution in [2.24, 2.45) is 14.1 Å². The van der Waals surface area contributed by atoms with Crippen molar-refractivity contribution in [2.75, 3.05) is 11.9 Å². The molecule has 0 fully saturated rings. The molecule has 1 aromatic carbocycles. The van der Waals surface area contributed by atoms with Crippen LogP contribution in [0.25, 0.3) is 11.0 Å². The van der Waals surface area contributed by atoms with Crippen LogP contribution < -0.4 is 21.3 Å². The maximum absolute atomic E-state index is 12.7. The fourth-order valence-corrected chi connectivity index (χ4v) is 3.04. The zero-order valence-electron chi connectivity index (χ0n) is 16.8. The lowest BCUT2D eigenvalue weighted by Crippen LogP contribution is -2.37. The van der Waals surface area contributed by atoms with Crippen molar-refractivity contribution in [2.45, 2.75) is 6.54 Å². The number of hydrogen-bond donors (Lipinski definition) is 1. The number of benzene rings is 1. The molecule has 0 aliphatic carbocycles. The first-order chi connectivity index (χ1) is 14.9. The summed E-state index contributed by atoms with van der Waals surface area (Å²) < 4.78 is 9.57. The number of nitrogens with one attached hydrogen (secondary N) is 1. The molecule has 4 rings (SSSR count). The Morgan fingerprint density at radius 2 is 1.97 bits per heavy atom. The van der Waals surface area contributed by atoms with Crippen molar-refractivity contribution in [1.29, 1.82) is 0 Å². The fourth-order valence-electron chi connectivity index (χ4n) is 3.04. The molecule has 3 aromatic heterocycles. The number of nitrogens with zero attached hydrogens (tertiary/aromatic N) is 6. The van der Waals surface area contributed by atoms with Gasteiger partial charge >= 0.3 is 5.69 Å². The molecule has 0 bridgehead atoms. The van der Waals surface area contributed by atoms with Gasteiger partial charge in [0.25, 0.3) is 11.5 Å². The number of ether oxygens (including phenoxy) is 1. The van der Waals surface area contributed by atoms with E-state index in [0.29, 0.717) is 24.6 Å². The van der Waals surface area contributed by atoms with E-state index in [0.717, 1.165) is 4.57 Å². The van der Waals surface area contributed by atoms with Gasteiger partial charge in [0.1, 0.15) is 36.4 Å². The lowest BCUT2D eigenvalue weighted by atomic mass is 10.2. The number of rotatable bonds is 6. The van der Waals surface area contributed by atoms with E-state index >= 15 is 0 Å². The summed E-state index contributed by atoms with van der Waals surface area (Å²) in [6.07, 6.45) is 3.05. The van der Waals surface area contributed by atoms with Crippen molar-refractivity contribution in [3.8, 4) is 5.75 Å². The number of amides is 1. The summed E-state index contributed by atoms with van der Waals surface area (Å²) in [5.41, 5.74) is -0.242. The van der Waals surface area contributed by atoms with Gasteiger partial charge in [-0.15, -0.1) is 0 Å². The van der Waals surface area contributed by atoms with E-state index < -0.39 is 17.2 Å². The van der Waals surface area contributed by atoms with Crippen LogP contribution in [0.15, 0.2) is 58.6 Å². The standard InChI is InChI=1S/C20H19N7O4/c1-25-17-15(19(29)26(2)20(25)30)6-7-16(24-17)18(28)23-13-4-3-5-14(10-13)31-9-8-27-12-21-11-22-27/h3-7,10-12H,8-9H2,1-2H3,(H,23,28). The van der Waals surface area contributed by atoms with Gasteiger partial charge in [0.2, 0.25) is 0 Å². The Hall–Kier alpha value is -4.28. The molecule has 158 valence electrons. The first-order valence-corrected chi connectivity index (χ1v) is 9.37. The molecule has 0 saturated heterocycles. The van der Waals surface area contributed by atoms with E-state index in [1.54, 1.807) is 35.3 Å². The van der Waals surface area contributed by atoms with Gasteiger partial charge in [0, 0.05) is 25.8 Å². The zero-order valence-corrected chi connectivity index (χ0v) is 16.8. The normalized spacial score (nSPS) is 10.9. The quantitative estimate of drug-likeness (QED) is 0.482. The van der Waals surface area contributed by atoms with E-state index in [1.165, 1.54) is 37.1 Å². The molecule has 0 aliphatic rings. The van der Waals surface area contributed by atoms with Gasteiger partial charge < -0.3 is 10.1 Å². The van der Waals surface area contributed by atoms with E-state index in [1.807, 2.05) is 0 Å². The first kappa shape index (κ1) is 20.0. The molecule has 1 N–H and O–H groups in total. The summed E-state index contributed by atoms with van der Waals surface area (Å²) in [7, 11) is 2.89. The molecule has 31 heavy (non-hydrogen) atoms. The van der Waals surface area contributed by atoms with Gasteiger partial charge in [-0.2, -0.15) is 5.10 Å². The van der Waals surface area contributed by atoms with Gasteiger partial charge in [-0.3, -0.25) is 18.7 Å². The van der Waals surface area contributed by atoms with Crippen LogP contribution in [0.2, 0.25) is 0 Å². The third-order valence-electron chi connectivity index (χ3n) is 4.68. The SMILES string of the molecule is Cn1c(=O)c2ccc(C(=O)Nc3cccc(OCCn4cncn4)c3)nc2n(C)c1=O. The Labute approximate surface area is 175 Å². The van der Waals surface area contributed by atoms with Crippen molar-refractivity contribution >= 4 is 22.6 Å². The highest BCUT2D eigenvalue weighted by Gasteiger charge is 2.14. The summed E-state index contributed by atoms with van der Waals surface area (Å²) in [4.78, 5) is 45.2. The molecule has 0 atom stereocenters. The summed E-state index contributed by atoms with van der Waals surface area (Å²) in [5.74, 6) is 0.102. The number of anilines is 1. The highest BCUT2D eigenvalue weighted by molar-refractivity contribution is 6.03. The number of aryl methyl sites for hydroxylation is 1. The van der Waals surface area contributed by atoms with Crippen LogP contribution >= 0.6 is 0 Å². The third kappa shape index (κ3) is 4.06. The van der Waals surface area contributed by atoms with Gasteiger partial charge in [-0.1, -0.05) is 6.07 Å². The Kier molecular flexibility index (Phi) is 5.31. The lowest BCUT2D eigenvalue weighted by Gasteiger charge is -2.10. The Morgan fingerprint density at radius 1 is 1.13 bits per heavy atom. The zero-order chi connectivity index (χ0) is 22.0. The molecule has 0 unspecified atom stereocenters. The molecule has 1 amide bonds. The van der Waals surface area contributed by atoms with Crippen molar-refractivity contribution in [3.05, 3.63) is 75.6 Å². The topological polar surface area (TPSA) is 126 Å². The van der Waals surface area contributed by atoms with E-state index in [9.17, 15) is 14.4 Å². The van der Waals surface area contributed by atoms with Crippen LogP contribution in [-0.4, -0.2) is 41.4 Å². The van der Waals surface area contributed by atoms with Gasteiger partial charge in [-0.05, 0) is 24.3 Å². The van der Waals surface area contributed by atoms with E-state index in [2.05, 4.69) is 20.4 Å². The highest BCUT2D eigenvalue weighted by Crippen LogP contribution is 2.18. The predicted octanol–water partition coefficient (Wildman–Crippen LogP) is 0.555. The number of carbonyl (C=O) groups excluding carboxylic acids is 1. The molecule has 0 saturated carbocycles. The summed E-state index contributed by atoms with van der Waals surface area (Å²) in [5, 5.41) is 7.00. The van der Waals surface area contributed by atoms with E-state index in [-0.39, 0.29) is 16.7 Å². The smallest absolute Gasteiger partial charge is 0.332 e. The largest absolute Gasteiger partial charge is 0.492 e. The molecule has 11 nitrogen and oxygen atoms in total. The fraction of sp³-hybridized carbons (Fsp3) is 0.200. The van der Waals surface area contributed by atoms with Crippen LogP contribution in [-0.2, 0) is 20.6 Å².